The Labute approximate surface area is 107 Å². The average molecular weight is 249 g/mol. The van der Waals surface area contributed by atoms with Crippen molar-refractivity contribution in [1.82, 2.24) is 5.32 Å². The molecule has 0 bridgehead atoms. The van der Waals surface area contributed by atoms with Crippen LogP contribution < -0.4 is 16.8 Å². The van der Waals surface area contributed by atoms with Gasteiger partial charge in [-0.25, -0.2) is 0 Å². The molecule has 5 heteroatoms. The van der Waals surface area contributed by atoms with E-state index in [1.54, 1.807) is 32.0 Å². The van der Waals surface area contributed by atoms with Crippen molar-refractivity contribution in [3.05, 3.63) is 29.3 Å². The zero-order chi connectivity index (χ0) is 13.9. The number of primary amides is 1. The Morgan fingerprint density at radius 1 is 1.39 bits per heavy atom. The summed E-state index contributed by atoms with van der Waals surface area (Å²) in [6.07, 6.45) is 0.426. The maximum atomic E-state index is 12.1. The second-order valence-corrected chi connectivity index (χ2v) is 4.58. The highest BCUT2D eigenvalue weighted by Crippen LogP contribution is 2.15. The molecule has 5 nitrogen and oxygen atoms in total. The minimum atomic E-state index is -1.05. The summed E-state index contributed by atoms with van der Waals surface area (Å²) in [7, 11) is 0. The van der Waals surface area contributed by atoms with Crippen molar-refractivity contribution in [2.75, 3.05) is 5.73 Å². The van der Waals surface area contributed by atoms with Crippen molar-refractivity contribution < 1.29 is 9.59 Å². The van der Waals surface area contributed by atoms with Gasteiger partial charge in [0.15, 0.2) is 0 Å². The van der Waals surface area contributed by atoms with E-state index in [0.29, 0.717) is 17.7 Å². The fourth-order valence-corrected chi connectivity index (χ4v) is 1.53. The highest BCUT2D eigenvalue weighted by molar-refractivity contribution is 6.00. The fraction of sp³-hybridized carbons (Fsp3) is 0.385. The van der Waals surface area contributed by atoms with Crippen LogP contribution >= 0.6 is 0 Å². The van der Waals surface area contributed by atoms with Crippen LogP contribution in [0.15, 0.2) is 18.2 Å². The second-order valence-electron chi connectivity index (χ2n) is 4.58. The number of carbonyl (C=O) groups is 2. The maximum Gasteiger partial charge on any atom is 0.252 e. The third-order valence-corrected chi connectivity index (χ3v) is 3.15. The predicted molar refractivity (Wildman–Crippen MR) is 70.9 cm³/mol. The summed E-state index contributed by atoms with van der Waals surface area (Å²) in [6.45, 7) is 5.20. The Morgan fingerprint density at radius 3 is 2.50 bits per heavy atom. The van der Waals surface area contributed by atoms with Crippen LogP contribution in [0.5, 0.6) is 0 Å². The first-order valence-corrected chi connectivity index (χ1v) is 5.78. The molecule has 0 aliphatic carbocycles. The van der Waals surface area contributed by atoms with E-state index in [1.165, 1.54) is 0 Å². The molecule has 1 aromatic rings. The number of nitrogens with two attached hydrogens (primary N) is 2. The number of nitrogens with one attached hydrogen (secondary N) is 1. The molecule has 0 saturated carbocycles. The van der Waals surface area contributed by atoms with E-state index in [4.69, 9.17) is 11.5 Å². The quantitative estimate of drug-likeness (QED) is 0.693. The molecule has 98 valence electrons. The van der Waals surface area contributed by atoms with E-state index >= 15 is 0 Å². The van der Waals surface area contributed by atoms with Gasteiger partial charge < -0.3 is 16.8 Å². The lowest BCUT2D eigenvalue weighted by Crippen LogP contribution is -2.55. The highest BCUT2D eigenvalue weighted by atomic mass is 16.2. The van der Waals surface area contributed by atoms with Crippen LogP contribution in [0.25, 0.3) is 0 Å². The number of rotatable bonds is 4. The molecule has 1 rings (SSSR count). The lowest BCUT2D eigenvalue weighted by atomic mass is 9.96. The Hall–Kier alpha value is -2.04. The first kappa shape index (κ1) is 14.0. The molecule has 1 unspecified atom stereocenters. The Morgan fingerprint density at radius 2 is 2.00 bits per heavy atom. The molecule has 1 aromatic carbocycles. The molecule has 0 heterocycles. The van der Waals surface area contributed by atoms with Gasteiger partial charge in [-0.3, -0.25) is 9.59 Å². The normalized spacial score (nSPS) is 13.7. The first-order chi connectivity index (χ1) is 8.30. The summed E-state index contributed by atoms with van der Waals surface area (Å²) in [5, 5.41) is 2.66. The summed E-state index contributed by atoms with van der Waals surface area (Å²) in [5.41, 5.74) is 11.7. The molecule has 0 aliphatic heterocycles. The van der Waals surface area contributed by atoms with E-state index < -0.39 is 11.4 Å². The van der Waals surface area contributed by atoms with Crippen LogP contribution in [0.1, 0.15) is 36.2 Å². The lowest BCUT2D eigenvalue weighted by Gasteiger charge is -2.26. The standard InChI is InChI=1S/C13H19N3O2/c1-4-13(3,12(15)18)16-11(17)10-7-9(14)6-5-8(10)2/h5-7H,4,14H2,1-3H3,(H2,15,18)(H,16,17). The van der Waals surface area contributed by atoms with Gasteiger partial charge in [0.2, 0.25) is 5.91 Å². The van der Waals surface area contributed by atoms with E-state index in [9.17, 15) is 9.59 Å². The van der Waals surface area contributed by atoms with Gasteiger partial charge in [-0.15, -0.1) is 0 Å². The second kappa shape index (κ2) is 5.08. The minimum absolute atomic E-state index is 0.344. The number of hydrogen-bond donors (Lipinski definition) is 3. The highest BCUT2D eigenvalue weighted by Gasteiger charge is 2.31. The maximum absolute atomic E-state index is 12.1. The minimum Gasteiger partial charge on any atom is -0.399 e. The average Bonchev–Trinajstić information content (AvgIpc) is 2.31. The van der Waals surface area contributed by atoms with Crippen molar-refractivity contribution in [2.45, 2.75) is 32.7 Å². The molecule has 0 aromatic heterocycles. The van der Waals surface area contributed by atoms with Crippen LogP contribution in [0.3, 0.4) is 0 Å². The summed E-state index contributed by atoms with van der Waals surface area (Å²) in [5.74, 6) is -0.900. The Kier molecular flexibility index (Phi) is 3.96. The predicted octanol–water partition coefficient (Wildman–Crippen LogP) is 0.961. The summed E-state index contributed by atoms with van der Waals surface area (Å²) in [6, 6.07) is 5.07. The number of nitrogen functional groups attached to an aromatic ring is 1. The molecular weight excluding hydrogens is 230 g/mol. The Bertz CT molecular complexity index is 485. The molecule has 1 atom stereocenters. The van der Waals surface area contributed by atoms with Gasteiger partial charge in [0, 0.05) is 11.3 Å². The first-order valence-electron chi connectivity index (χ1n) is 5.78. The molecular formula is C13H19N3O2. The Balaban J connectivity index is 3.02. The summed E-state index contributed by atoms with van der Waals surface area (Å²) < 4.78 is 0. The smallest absolute Gasteiger partial charge is 0.252 e. The van der Waals surface area contributed by atoms with Crippen LogP contribution in [-0.2, 0) is 4.79 Å². The van der Waals surface area contributed by atoms with E-state index in [2.05, 4.69) is 5.32 Å². The van der Waals surface area contributed by atoms with Crippen molar-refractivity contribution in [3.8, 4) is 0 Å². The number of benzene rings is 1. The molecule has 0 radical (unpaired) electrons. The zero-order valence-corrected chi connectivity index (χ0v) is 10.9. The van der Waals surface area contributed by atoms with Gasteiger partial charge >= 0.3 is 0 Å². The van der Waals surface area contributed by atoms with Crippen molar-refractivity contribution in [1.29, 1.82) is 0 Å². The topological polar surface area (TPSA) is 98.2 Å². The number of hydrogen-bond acceptors (Lipinski definition) is 3. The largest absolute Gasteiger partial charge is 0.399 e. The van der Waals surface area contributed by atoms with E-state index in [0.717, 1.165) is 5.56 Å². The van der Waals surface area contributed by atoms with Crippen LogP contribution in [0.4, 0.5) is 5.69 Å². The van der Waals surface area contributed by atoms with Crippen molar-refractivity contribution in [3.63, 3.8) is 0 Å². The van der Waals surface area contributed by atoms with Gasteiger partial charge in [-0.05, 0) is 38.0 Å². The number of carbonyl (C=O) groups excluding carboxylic acids is 2. The van der Waals surface area contributed by atoms with Gasteiger partial charge in [0.05, 0.1) is 0 Å². The number of amides is 2. The molecule has 0 fully saturated rings. The molecule has 2 amide bonds. The molecule has 0 aliphatic rings. The van der Waals surface area contributed by atoms with Crippen LogP contribution in [-0.4, -0.2) is 17.4 Å². The van der Waals surface area contributed by atoms with Crippen molar-refractivity contribution in [2.24, 2.45) is 5.73 Å². The van der Waals surface area contributed by atoms with E-state index in [-0.39, 0.29) is 5.91 Å². The van der Waals surface area contributed by atoms with Crippen LogP contribution in [0, 0.1) is 6.92 Å². The molecule has 5 N–H and O–H groups in total. The molecule has 18 heavy (non-hydrogen) atoms. The molecule has 0 spiro atoms. The monoisotopic (exact) mass is 249 g/mol. The number of aryl methyl sites for hydroxylation is 1. The fourth-order valence-electron chi connectivity index (χ4n) is 1.53. The van der Waals surface area contributed by atoms with Crippen LogP contribution in [0.2, 0.25) is 0 Å². The third kappa shape index (κ3) is 2.80. The van der Waals surface area contributed by atoms with Gasteiger partial charge in [0.25, 0.3) is 5.91 Å². The summed E-state index contributed by atoms with van der Waals surface area (Å²) in [4.78, 5) is 23.5. The lowest BCUT2D eigenvalue weighted by molar-refractivity contribution is -0.123. The zero-order valence-electron chi connectivity index (χ0n) is 10.9. The van der Waals surface area contributed by atoms with Gasteiger partial charge in [-0.2, -0.15) is 0 Å². The SMILES string of the molecule is CCC(C)(NC(=O)c1cc(N)ccc1C)C(N)=O. The number of anilines is 1. The van der Waals surface area contributed by atoms with Gasteiger partial charge in [0.1, 0.15) is 5.54 Å². The van der Waals surface area contributed by atoms with E-state index in [1.807, 2.05) is 6.92 Å². The summed E-state index contributed by atoms with van der Waals surface area (Å²) >= 11 is 0. The van der Waals surface area contributed by atoms with Gasteiger partial charge in [-0.1, -0.05) is 13.0 Å². The van der Waals surface area contributed by atoms with Crippen molar-refractivity contribution >= 4 is 17.5 Å². The third-order valence-electron chi connectivity index (χ3n) is 3.15. The molecule has 0 saturated heterocycles.